The summed E-state index contributed by atoms with van der Waals surface area (Å²) in [5.74, 6) is -2.40. The first-order chi connectivity index (χ1) is 12.3. The van der Waals surface area contributed by atoms with Crippen LogP contribution in [0.3, 0.4) is 0 Å². The fraction of sp³-hybridized carbons (Fsp3) is 0.105. The summed E-state index contributed by atoms with van der Waals surface area (Å²) >= 11 is 0. The Morgan fingerprint density at radius 1 is 1.08 bits per heavy atom. The largest absolute Gasteiger partial charge is 0.508 e. The Morgan fingerprint density at radius 2 is 1.85 bits per heavy atom. The highest BCUT2D eigenvalue weighted by molar-refractivity contribution is 6.02. The van der Waals surface area contributed by atoms with E-state index in [-0.39, 0.29) is 16.9 Å². The lowest BCUT2D eigenvalue weighted by Gasteiger charge is -2.09. The number of phenolic OH excluding ortho intramolecular Hbond substituents is 2. The molecule has 0 spiro atoms. The van der Waals surface area contributed by atoms with Crippen LogP contribution in [0.15, 0.2) is 42.5 Å². The van der Waals surface area contributed by atoms with Crippen LogP contribution in [0.4, 0.5) is 4.39 Å². The van der Waals surface area contributed by atoms with E-state index in [1.54, 1.807) is 6.92 Å². The number of rotatable bonds is 4. The lowest BCUT2D eigenvalue weighted by molar-refractivity contribution is 0.0473. The molecule has 0 unspecified atom stereocenters. The molecule has 2 N–H and O–H groups in total. The van der Waals surface area contributed by atoms with Gasteiger partial charge in [-0.2, -0.15) is 0 Å². The number of aromatic hydroxyl groups is 2. The number of aryl methyl sites for hydroxylation is 1. The molecule has 1 aromatic heterocycles. The second kappa shape index (κ2) is 6.79. The Hall–Kier alpha value is -3.48. The minimum absolute atomic E-state index is 0.0700. The summed E-state index contributed by atoms with van der Waals surface area (Å²) in [5.41, 5.74) is 0.837. The highest BCUT2D eigenvalue weighted by atomic mass is 19.1. The first-order valence-electron chi connectivity index (χ1n) is 7.64. The Bertz CT molecular complexity index is 1030. The predicted molar refractivity (Wildman–Crippen MR) is 90.8 cm³/mol. The molecule has 0 aliphatic carbocycles. The number of carbonyl (C=O) groups is 2. The third-order valence-electron chi connectivity index (χ3n) is 3.81. The first kappa shape index (κ1) is 17.3. The summed E-state index contributed by atoms with van der Waals surface area (Å²) in [7, 11) is 0. The number of Topliss-reactive ketones (excluding diaryl/α,β-unsaturated/α-hetero) is 1. The van der Waals surface area contributed by atoms with Crippen molar-refractivity contribution in [3.05, 3.63) is 65.1 Å². The van der Waals surface area contributed by atoms with Gasteiger partial charge >= 0.3 is 5.97 Å². The molecule has 2 aromatic carbocycles. The van der Waals surface area contributed by atoms with E-state index in [1.807, 2.05) is 0 Å². The third kappa shape index (κ3) is 3.46. The Kier molecular flexibility index (Phi) is 4.53. The van der Waals surface area contributed by atoms with Crippen molar-refractivity contribution < 1.29 is 28.9 Å². The molecule has 1 heterocycles. The van der Waals surface area contributed by atoms with Crippen LogP contribution in [0.1, 0.15) is 26.4 Å². The van der Waals surface area contributed by atoms with E-state index in [1.165, 1.54) is 36.4 Å². The van der Waals surface area contributed by atoms with Crippen LogP contribution < -0.4 is 0 Å². The number of pyridine rings is 1. The van der Waals surface area contributed by atoms with Gasteiger partial charge in [-0.1, -0.05) is 0 Å². The fourth-order valence-electron chi connectivity index (χ4n) is 2.49. The van der Waals surface area contributed by atoms with Crippen LogP contribution in [0.5, 0.6) is 11.5 Å². The van der Waals surface area contributed by atoms with Gasteiger partial charge < -0.3 is 14.9 Å². The zero-order chi connectivity index (χ0) is 18.8. The molecule has 132 valence electrons. The van der Waals surface area contributed by atoms with Crippen molar-refractivity contribution in [1.82, 2.24) is 4.98 Å². The zero-order valence-electron chi connectivity index (χ0n) is 13.7. The van der Waals surface area contributed by atoms with Crippen LogP contribution in [0, 0.1) is 12.7 Å². The van der Waals surface area contributed by atoms with Gasteiger partial charge in [0.15, 0.2) is 6.61 Å². The Balaban J connectivity index is 1.77. The molecule has 0 fully saturated rings. The number of phenols is 2. The number of benzene rings is 2. The maximum Gasteiger partial charge on any atom is 0.340 e. The number of esters is 1. The summed E-state index contributed by atoms with van der Waals surface area (Å²) in [4.78, 5) is 28.5. The van der Waals surface area contributed by atoms with Gasteiger partial charge in [-0.15, -0.1) is 0 Å². The van der Waals surface area contributed by atoms with Crippen molar-refractivity contribution in [2.45, 2.75) is 6.92 Å². The average molecular weight is 355 g/mol. The molecule has 0 atom stereocenters. The Morgan fingerprint density at radius 3 is 2.58 bits per heavy atom. The summed E-state index contributed by atoms with van der Waals surface area (Å²) in [5, 5.41) is 19.5. The van der Waals surface area contributed by atoms with Crippen molar-refractivity contribution in [3.63, 3.8) is 0 Å². The number of carbonyl (C=O) groups excluding carboxylic acids is 2. The van der Waals surface area contributed by atoms with E-state index in [0.717, 1.165) is 6.07 Å². The number of aromatic nitrogens is 1. The van der Waals surface area contributed by atoms with E-state index >= 15 is 0 Å². The minimum Gasteiger partial charge on any atom is -0.508 e. The summed E-state index contributed by atoms with van der Waals surface area (Å²) in [6.07, 6.45) is 0. The molecule has 0 radical (unpaired) electrons. The second-order valence-electron chi connectivity index (χ2n) is 5.66. The van der Waals surface area contributed by atoms with Crippen molar-refractivity contribution >= 4 is 22.7 Å². The number of fused-ring (bicyclic) bond motifs is 1. The van der Waals surface area contributed by atoms with Crippen LogP contribution in [0.25, 0.3) is 10.9 Å². The monoisotopic (exact) mass is 355 g/mol. The number of hydrogen-bond acceptors (Lipinski definition) is 6. The molecule has 26 heavy (non-hydrogen) atoms. The molecular formula is C19H14FNO5. The van der Waals surface area contributed by atoms with Gasteiger partial charge in [-0.3, -0.25) is 9.78 Å². The maximum atomic E-state index is 13.3. The number of ketones is 1. The van der Waals surface area contributed by atoms with Gasteiger partial charge in [0.25, 0.3) is 0 Å². The third-order valence-corrected chi connectivity index (χ3v) is 3.81. The van der Waals surface area contributed by atoms with E-state index in [4.69, 9.17) is 4.74 Å². The van der Waals surface area contributed by atoms with Crippen molar-refractivity contribution in [2.75, 3.05) is 6.61 Å². The van der Waals surface area contributed by atoms with Gasteiger partial charge in [0.1, 0.15) is 17.3 Å². The molecule has 0 amide bonds. The minimum atomic E-state index is -0.757. The van der Waals surface area contributed by atoms with Crippen LogP contribution in [-0.2, 0) is 4.74 Å². The highest BCUT2D eigenvalue weighted by Gasteiger charge is 2.17. The molecular weight excluding hydrogens is 341 g/mol. The molecule has 7 heteroatoms. The van der Waals surface area contributed by atoms with E-state index in [9.17, 15) is 24.2 Å². The normalized spacial score (nSPS) is 10.7. The van der Waals surface area contributed by atoms with Crippen molar-refractivity contribution in [3.8, 4) is 11.5 Å². The van der Waals surface area contributed by atoms with Crippen molar-refractivity contribution in [2.24, 2.45) is 0 Å². The first-order valence-corrected chi connectivity index (χ1v) is 7.64. The van der Waals surface area contributed by atoms with E-state index < -0.39 is 29.9 Å². The van der Waals surface area contributed by atoms with Crippen LogP contribution in [-0.4, -0.2) is 33.6 Å². The lowest BCUT2D eigenvalue weighted by Crippen LogP contribution is -2.15. The molecule has 6 nitrogen and oxygen atoms in total. The maximum absolute atomic E-state index is 13.3. The molecule has 0 aliphatic rings. The van der Waals surface area contributed by atoms with Gasteiger partial charge in [0, 0.05) is 17.5 Å². The number of halogens is 1. The number of ether oxygens (including phenoxy) is 1. The Labute approximate surface area is 147 Å². The fourth-order valence-corrected chi connectivity index (χ4v) is 2.49. The van der Waals surface area contributed by atoms with E-state index in [2.05, 4.69) is 4.98 Å². The molecule has 0 aliphatic heterocycles. The molecule has 3 rings (SSSR count). The quantitative estimate of drug-likeness (QED) is 0.551. The standard InChI is InChI=1S/C19H14FNO5/c1-10-15(6-11-2-3-12(20)7-16(11)21-10)19(25)26-9-18(24)14-5-4-13(22)8-17(14)23/h2-8,22-23H,9H2,1H3. The number of nitrogens with zero attached hydrogens (tertiary/aromatic N) is 1. The van der Waals surface area contributed by atoms with Gasteiger partial charge in [0.05, 0.1) is 22.3 Å². The van der Waals surface area contributed by atoms with Gasteiger partial charge in [-0.05, 0) is 37.3 Å². The van der Waals surface area contributed by atoms with Gasteiger partial charge in [0.2, 0.25) is 5.78 Å². The molecule has 0 saturated carbocycles. The SMILES string of the molecule is Cc1nc2cc(F)ccc2cc1C(=O)OCC(=O)c1ccc(O)cc1O. The summed E-state index contributed by atoms with van der Waals surface area (Å²) < 4.78 is 18.3. The highest BCUT2D eigenvalue weighted by Crippen LogP contribution is 2.23. The summed E-state index contributed by atoms with van der Waals surface area (Å²) in [6, 6.07) is 9.02. The summed E-state index contributed by atoms with van der Waals surface area (Å²) in [6.45, 7) is 0.993. The smallest absolute Gasteiger partial charge is 0.340 e. The topological polar surface area (TPSA) is 96.7 Å². The lowest BCUT2D eigenvalue weighted by atomic mass is 10.1. The average Bonchev–Trinajstić information content (AvgIpc) is 2.58. The number of hydrogen-bond donors (Lipinski definition) is 2. The molecule has 0 saturated heterocycles. The van der Waals surface area contributed by atoms with Crippen LogP contribution >= 0.6 is 0 Å². The van der Waals surface area contributed by atoms with E-state index in [0.29, 0.717) is 16.6 Å². The molecule has 0 bridgehead atoms. The van der Waals surface area contributed by atoms with Crippen molar-refractivity contribution in [1.29, 1.82) is 0 Å². The van der Waals surface area contributed by atoms with Crippen LogP contribution in [0.2, 0.25) is 0 Å². The second-order valence-corrected chi connectivity index (χ2v) is 5.66. The zero-order valence-corrected chi connectivity index (χ0v) is 13.7. The molecule has 3 aromatic rings. The predicted octanol–water partition coefficient (Wildman–Crippen LogP) is 3.13. The van der Waals surface area contributed by atoms with Gasteiger partial charge in [-0.25, -0.2) is 9.18 Å².